The maximum atomic E-state index is 10.8. The third-order valence-corrected chi connectivity index (χ3v) is 1.78. The van der Waals surface area contributed by atoms with Gasteiger partial charge in [0.2, 0.25) is 0 Å². The van der Waals surface area contributed by atoms with Crippen LogP contribution in [0, 0.1) is 0 Å². The molecule has 0 saturated carbocycles. The molecule has 0 unspecified atom stereocenters. The van der Waals surface area contributed by atoms with Gasteiger partial charge in [-0.3, -0.25) is 0 Å². The monoisotopic (exact) mass is 197 g/mol. The van der Waals surface area contributed by atoms with Crippen molar-refractivity contribution in [1.82, 2.24) is 9.97 Å². The van der Waals surface area contributed by atoms with Crippen LogP contribution in [0.2, 0.25) is 0 Å². The molecular formula is C9H6N2NaO2. The minimum absolute atomic E-state index is 0. The van der Waals surface area contributed by atoms with Crippen LogP contribution in [0.3, 0.4) is 0 Å². The van der Waals surface area contributed by atoms with Crippen LogP contribution in [-0.2, 0) is 0 Å². The molecule has 0 fully saturated rings. The summed E-state index contributed by atoms with van der Waals surface area (Å²) in [5.74, 6) is -0.958. The summed E-state index contributed by atoms with van der Waals surface area (Å²) in [7, 11) is 0. The molecule has 0 aliphatic rings. The molecule has 4 nitrogen and oxygen atoms in total. The fourth-order valence-electron chi connectivity index (χ4n) is 1.19. The van der Waals surface area contributed by atoms with Gasteiger partial charge in [0.1, 0.15) is 6.33 Å². The van der Waals surface area contributed by atoms with E-state index in [1.807, 2.05) is 0 Å². The maximum absolute atomic E-state index is 10.8. The van der Waals surface area contributed by atoms with Crippen molar-refractivity contribution in [3.05, 3.63) is 36.3 Å². The smallest absolute Gasteiger partial charge is 0.336 e. The van der Waals surface area contributed by atoms with Crippen molar-refractivity contribution < 1.29 is 9.90 Å². The number of aromatic nitrogens is 2. The topological polar surface area (TPSA) is 63.1 Å². The molecule has 65 valence electrons. The van der Waals surface area contributed by atoms with Gasteiger partial charge in [-0.15, -0.1) is 0 Å². The number of hydrogen-bond donors (Lipinski definition) is 1. The van der Waals surface area contributed by atoms with Crippen molar-refractivity contribution in [2.24, 2.45) is 0 Å². The fourth-order valence-corrected chi connectivity index (χ4v) is 1.19. The molecule has 1 aromatic carbocycles. The summed E-state index contributed by atoms with van der Waals surface area (Å²) < 4.78 is 0. The van der Waals surface area contributed by atoms with Gasteiger partial charge in [-0.25, -0.2) is 14.8 Å². The molecule has 2 rings (SSSR count). The Hall–Kier alpha value is -0.970. The molecule has 0 saturated heterocycles. The van der Waals surface area contributed by atoms with Gasteiger partial charge >= 0.3 is 5.97 Å². The molecular weight excluding hydrogens is 191 g/mol. The second kappa shape index (κ2) is 4.50. The Kier molecular flexibility index (Phi) is 3.57. The summed E-state index contributed by atoms with van der Waals surface area (Å²) in [6, 6.07) is 4.95. The summed E-state index contributed by atoms with van der Waals surface area (Å²) >= 11 is 0. The zero-order valence-corrected chi connectivity index (χ0v) is 9.64. The van der Waals surface area contributed by atoms with E-state index in [2.05, 4.69) is 9.97 Å². The van der Waals surface area contributed by atoms with Gasteiger partial charge in [0, 0.05) is 41.1 Å². The van der Waals surface area contributed by atoms with Crippen molar-refractivity contribution in [3.8, 4) is 0 Å². The third kappa shape index (κ3) is 1.92. The summed E-state index contributed by atoms with van der Waals surface area (Å²) in [5, 5.41) is 9.39. The molecule has 0 aliphatic heterocycles. The second-order valence-electron chi connectivity index (χ2n) is 2.57. The standard InChI is InChI=1S/C9H6N2O2.Na/c12-9(13)6-2-1-3-8-7(6)4-10-5-11-8;/h1-5H,(H,12,13);. The molecule has 0 aliphatic carbocycles. The van der Waals surface area contributed by atoms with E-state index in [9.17, 15) is 4.79 Å². The Bertz CT molecular complexity index is 468. The quantitative estimate of drug-likeness (QED) is 0.691. The average molecular weight is 197 g/mol. The number of nitrogens with zero attached hydrogens (tertiary/aromatic N) is 2. The Morgan fingerprint density at radius 1 is 1.36 bits per heavy atom. The first-order valence-electron chi connectivity index (χ1n) is 3.71. The first-order valence-corrected chi connectivity index (χ1v) is 3.71. The van der Waals surface area contributed by atoms with Crippen LogP contribution < -0.4 is 0 Å². The molecule has 5 heteroatoms. The van der Waals surface area contributed by atoms with Gasteiger partial charge in [0.25, 0.3) is 0 Å². The fraction of sp³-hybridized carbons (Fsp3) is 0. The van der Waals surface area contributed by atoms with E-state index < -0.39 is 5.97 Å². The predicted octanol–water partition coefficient (Wildman–Crippen LogP) is 0.947. The van der Waals surface area contributed by atoms with Crippen LogP contribution in [0.1, 0.15) is 10.4 Å². The Balaban J connectivity index is 0.000000980. The van der Waals surface area contributed by atoms with Crippen LogP contribution in [0.4, 0.5) is 0 Å². The number of carboxylic acid groups (broad SMARTS) is 1. The van der Waals surface area contributed by atoms with Gasteiger partial charge in [0.05, 0.1) is 11.1 Å². The molecule has 1 N–H and O–H groups in total. The molecule has 0 spiro atoms. The van der Waals surface area contributed by atoms with Crippen molar-refractivity contribution >= 4 is 46.4 Å². The summed E-state index contributed by atoms with van der Waals surface area (Å²) in [6.45, 7) is 0. The number of carbonyl (C=O) groups is 1. The first kappa shape index (κ1) is 11.1. The van der Waals surface area contributed by atoms with Crippen molar-refractivity contribution in [2.45, 2.75) is 0 Å². The number of fused-ring (bicyclic) bond motifs is 1. The van der Waals surface area contributed by atoms with E-state index in [1.165, 1.54) is 18.6 Å². The largest absolute Gasteiger partial charge is 0.478 e. The van der Waals surface area contributed by atoms with E-state index >= 15 is 0 Å². The number of carboxylic acids is 1. The van der Waals surface area contributed by atoms with Crippen LogP contribution in [0.5, 0.6) is 0 Å². The second-order valence-corrected chi connectivity index (χ2v) is 2.57. The van der Waals surface area contributed by atoms with E-state index in [0.717, 1.165) is 0 Å². The zero-order valence-electron chi connectivity index (χ0n) is 7.64. The van der Waals surface area contributed by atoms with Crippen LogP contribution in [0.15, 0.2) is 30.7 Å². The number of hydrogen-bond acceptors (Lipinski definition) is 3. The van der Waals surface area contributed by atoms with Gasteiger partial charge in [-0.05, 0) is 12.1 Å². The van der Waals surface area contributed by atoms with E-state index in [0.29, 0.717) is 10.9 Å². The van der Waals surface area contributed by atoms with E-state index in [1.54, 1.807) is 12.1 Å². The van der Waals surface area contributed by atoms with Crippen molar-refractivity contribution in [3.63, 3.8) is 0 Å². The Morgan fingerprint density at radius 2 is 2.14 bits per heavy atom. The van der Waals surface area contributed by atoms with E-state index in [-0.39, 0.29) is 35.1 Å². The van der Waals surface area contributed by atoms with Crippen LogP contribution in [0.25, 0.3) is 10.9 Å². The van der Waals surface area contributed by atoms with Crippen LogP contribution in [-0.4, -0.2) is 50.6 Å². The molecule has 1 aromatic heterocycles. The summed E-state index contributed by atoms with van der Waals surface area (Å²) in [5.41, 5.74) is 0.882. The van der Waals surface area contributed by atoms with E-state index in [4.69, 9.17) is 5.11 Å². The Labute approximate surface area is 102 Å². The molecule has 2 aromatic rings. The Morgan fingerprint density at radius 3 is 2.86 bits per heavy atom. The van der Waals surface area contributed by atoms with Gasteiger partial charge < -0.3 is 5.11 Å². The number of benzene rings is 1. The summed E-state index contributed by atoms with van der Waals surface area (Å²) in [4.78, 5) is 18.5. The van der Waals surface area contributed by atoms with Crippen LogP contribution >= 0.6 is 0 Å². The maximum Gasteiger partial charge on any atom is 0.336 e. The SMILES string of the molecule is O=C(O)c1cccc2ncncc12.[Na]. The van der Waals surface area contributed by atoms with Crippen molar-refractivity contribution in [1.29, 1.82) is 0 Å². The minimum Gasteiger partial charge on any atom is -0.478 e. The third-order valence-electron chi connectivity index (χ3n) is 1.78. The number of rotatable bonds is 1. The molecule has 1 radical (unpaired) electrons. The first-order chi connectivity index (χ1) is 6.29. The van der Waals surface area contributed by atoms with Gasteiger partial charge in [-0.2, -0.15) is 0 Å². The molecule has 0 atom stereocenters. The molecule has 0 bridgehead atoms. The van der Waals surface area contributed by atoms with Gasteiger partial charge in [-0.1, -0.05) is 6.07 Å². The predicted molar refractivity (Wildman–Crippen MR) is 52.3 cm³/mol. The minimum atomic E-state index is -0.958. The molecule has 1 heterocycles. The zero-order chi connectivity index (χ0) is 9.26. The molecule has 14 heavy (non-hydrogen) atoms. The average Bonchev–Trinajstić information content (AvgIpc) is 2.17. The van der Waals surface area contributed by atoms with Gasteiger partial charge in [0.15, 0.2) is 0 Å². The van der Waals surface area contributed by atoms with Crippen molar-refractivity contribution in [2.75, 3.05) is 0 Å². The molecule has 0 amide bonds. The number of aromatic carboxylic acids is 1. The normalized spacial score (nSPS) is 9.43. The summed E-state index contributed by atoms with van der Waals surface area (Å²) in [6.07, 6.45) is 2.90.